The van der Waals surface area contributed by atoms with E-state index in [1.165, 1.54) is 12.8 Å². The zero-order valence-electron chi connectivity index (χ0n) is 11.4. The molecule has 1 saturated carbocycles. The zero-order valence-corrected chi connectivity index (χ0v) is 11.4. The van der Waals surface area contributed by atoms with Crippen molar-refractivity contribution in [3.63, 3.8) is 0 Å². The van der Waals surface area contributed by atoms with Crippen LogP contribution in [-0.2, 0) is 4.79 Å². The van der Waals surface area contributed by atoms with Crippen LogP contribution in [0.3, 0.4) is 0 Å². The Morgan fingerprint density at radius 1 is 1.06 bits per heavy atom. The summed E-state index contributed by atoms with van der Waals surface area (Å²) < 4.78 is 0. The third-order valence-corrected chi connectivity index (χ3v) is 3.92. The first kappa shape index (κ1) is 14.5. The van der Waals surface area contributed by atoms with Gasteiger partial charge in [-0.3, -0.25) is 9.69 Å². The minimum Gasteiger partial charge on any atom is -0.480 e. The van der Waals surface area contributed by atoms with E-state index in [-0.39, 0.29) is 0 Å². The Hall–Kier alpha value is -0.570. The molecule has 0 aromatic heterocycles. The van der Waals surface area contributed by atoms with Crippen LogP contribution in [0.2, 0.25) is 0 Å². The van der Waals surface area contributed by atoms with Crippen LogP contribution in [0.4, 0.5) is 0 Å². The monoisotopic (exact) mass is 241 g/mol. The SMILES string of the molecule is CCCN(CCC)C1(C(=O)O)CCCCCC1. The Labute approximate surface area is 105 Å². The third-order valence-electron chi connectivity index (χ3n) is 3.92. The lowest BCUT2D eigenvalue weighted by atomic mass is 9.87. The fourth-order valence-electron chi connectivity index (χ4n) is 3.06. The normalized spacial score (nSPS) is 20.2. The number of rotatable bonds is 6. The van der Waals surface area contributed by atoms with Gasteiger partial charge in [0.2, 0.25) is 0 Å². The second-order valence-corrected chi connectivity index (χ2v) is 5.24. The molecule has 0 aromatic carbocycles. The molecule has 0 atom stereocenters. The average molecular weight is 241 g/mol. The molecule has 0 radical (unpaired) electrons. The van der Waals surface area contributed by atoms with Gasteiger partial charge in [0.25, 0.3) is 0 Å². The molecule has 0 unspecified atom stereocenters. The molecule has 17 heavy (non-hydrogen) atoms. The lowest BCUT2D eigenvalue weighted by Crippen LogP contribution is -2.55. The van der Waals surface area contributed by atoms with Crippen molar-refractivity contribution in [1.29, 1.82) is 0 Å². The summed E-state index contributed by atoms with van der Waals surface area (Å²) in [6, 6.07) is 0. The summed E-state index contributed by atoms with van der Waals surface area (Å²) in [6.45, 7) is 6.10. The number of carbonyl (C=O) groups is 1. The summed E-state index contributed by atoms with van der Waals surface area (Å²) in [4.78, 5) is 14.0. The lowest BCUT2D eigenvalue weighted by Gasteiger charge is -2.40. The van der Waals surface area contributed by atoms with Crippen LogP contribution in [0, 0.1) is 0 Å². The number of carboxylic acid groups (broad SMARTS) is 1. The van der Waals surface area contributed by atoms with Crippen LogP contribution in [0.15, 0.2) is 0 Å². The van der Waals surface area contributed by atoms with Gasteiger partial charge >= 0.3 is 5.97 Å². The predicted molar refractivity (Wildman–Crippen MR) is 70.2 cm³/mol. The number of aliphatic carboxylic acids is 1. The fourth-order valence-corrected chi connectivity index (χ4v) is 3.06. The highest BCUT2D eigenvalue weighted by Gasteiger charge is 2.43. The molecule has 1 aliphatic rings. The molecule has 0 saturated heterocycles. The molecule has 1 N–H and O–H groups in total. The van der Waals surface area contributed by atoms with Crippen molar-refractivity contribution in [2.75, 3.05) is 13.1 Å². The summed E-state index contributed by atoms with van der Waals surface area (Å²) in [5.41, 5.74) is -0.567. The van der Waals surface area contributed by atoms with Crippen molar-refractivity contribution < 1.29 is 9.90 Å². The van der Waals surface area contributed by atoms with Crippen LogP contribution >= 0.6 is 0 Å². The number of hydrogen-bond donors (Lipinski definition) is 1. The molecule has 3 nitrogen and oxygen atoms in total. The molecule has 3 heteroatoms. The van der Waals surface area contributed by atoms with Crippen LogP contribution in [0.25, 0.3) is 0 Å². The Kier molecular flexibility index (Phi) is 5.96. The van der Waals surface area contributed by atoms with Crippen LogP contribution < -0.4 is 0 Å². The van der Waals surface area contributed by atoms with Crippen molar-refractivity contribution in [2.24, 2.45) is 0 Å². The molecule has 0 amide bonds. The highest BCUT2D eigenvalue weighted by atomic mass is 16.4. The van der Waals surface area contributed by atoms with Crippen molar-refractivity contribution in [2.45, 2.75) is 70.8 Å². The second-order valence-electron chi connectivity index (χ2n) is 5.24. The topological polar surface area (TPSA) is 40.5 Å². The third kappa shape index (κ3) is 3.44. The largest absolute Gasteiger partial charge is 0.480 e. The smallest absolute Gasteiger partial charge is 0.324 e. The first-order valence-corrected chi connectivity index (χ1v) is 7.16. The van der Waals surface area contributed by atoms with Crippen molar-refractivity contribution in [3.05, 3.63) is 0 Å². The predicted octanol–water partition coefficient (Wildman–Crippen LogP) is 3.29. The Balaban J connectivity index is 2.88. The van der Waals surface area contributed by atoms with E-state index in [4.69, 9.17) is 0 Å². The molecule has 1 fully saturated rings. The van der Waals surface area contributed by atoms with E-state index >= 15 is 0 Å². The van der Waals surface area contributed by atoms with Gasteiger partial charge in [-0.25, -0.2) is 0 Å². The molecule has 100 valence electrons. The first-order valence-electron chi connectivity index (χ1n) is 7.16. The summed E-state index contributed by atoms with van der Waals surface area (Å²) in [7, 11) is 0. The first-order chi connectivity index (χ1) is 8.17. The summed E-state index contributed by atoms with van der Waals surface area (Å²) in [5.74, 6) is -0.596. The quantitative estimate of drug-likeness (QED) is 0.725. The minimum absolute atomic E-state index is 0.567. The maximum absolute atomic E-state index is 11.8. The zero-order chi connectivity index (χ0) is 12.7. The van der Waals surface area contributed by atoms with E-state index in [0.29, 0.717) is 0 Å². The molecule has 0 aliphatic heterocycles. The van der Waals surface area contributed by atoms with Crippen molar-refractivity contribution in [3.8, 4) is 0 Å². The van der Waals surface area contributed by atoms with E-state index < -0.39 is 11.5 Å². The van der Waals surface area contributed by atoms with E-state index in [0.717, 1.165) is 51.6 Å². The second kappa shape index (κ2) is 7.00. The number of carboxylic acids is 1. The van der Waals surface area contributed by atoms with Crippen LogP contribution in [-0.4, -0.2) is 34.6 Å². The van der Waals surface area contributed by atoms with Gasteiger partial charge in [-0.15, -0.1) is 0 Å². The Morgan fingerprint density at radius 2 is 1.53 bits per heavy atom. The van der Waals surface area contributed by atoms with E-state index in [9.17, 15) is 9.90 Å². The molecule has 0 heterocycles. The number of nitrogens with zero attached hydrogens (tertiary/aromatic N) is 1. The molecular weight excluding hydrogens is 214 g/mol. The molecule has 0 bridgehead atoms. The van der Waals surface area contributed by atoms with Gasteiger partial charge in [0.1, 0.15) is 5.54 Å². The summed E-state index contributed by atoms with van der Waals surface area (Å²) in [5, 5.41) is 9.70. The van der Waals surface area contributed by atoms with Gasteiger partial charge < -0.3 is 5.11 Å². The van der Waals surface area contributed by atoms with Gasteiger partial charge in [-0.05, 0) is 38.8 Å². The van der Waals surface area contributed by atoms with E-state index in [2.05, 4.69) is 18.7 Å². The van der Waals surface area contributed by atoms with Gasteiger partial charge in [-0.1, -0.05) is 39.5 Å². The lowest BCUT2D eigenvalue weighted by molar-refractivity contribution is -0.153. The molecular formula is C14H27NO2. The molecule has 0 aromatic rings. The van der Waals surface area contributed by atoms with E-state index in [1.54, 1.807) is 0 Å². The maximum Gasteiger partial charge on any atom is 0.324 e. The Morgan fingerprint density at radius 3 is 1.88 bits per heavy atom. The van der Waals surface area contributed by atoms with Crippen molar-refractivity contribution >= 4 is 5.97 Å². The summed E-state index contributed by atoms with van der Waals surface area (Å²) >= 11 is 0. The Bertz CT molecular complexity index is 226. The fraction of sp³-hybridized carbons (Fsp3) is 0.929. The van der Waals surface area contributed by atoms with Gasteiger partial charge in [0.15, 0.2) is 0 Å². The molecule has 0 spiro atoms. The molecule has 1 rings (SSSR count). The highest BCUT2D eigenvalue weighted by molar-refractivity contribution is 5.78. The average Bonchev–Trinajstić information content (AvgIpc) is 2.55. The van der Waals surface area contributed by atoms with Crippen LogP contribution in [0.5, 0.6) is 0 Å². The van der Waals surface area contributed by atoms with Gasteiger partial charge in [0.05, 0.1) is 0 Å². The molecule has 1 aliphatic carbocycles. The highest BCUT2D eigenvalue weighted by Crippen LogP contribution is 2.33. The standard InChI is InChI=1S/C14H27NO2/c1-3-11-15(12-4-2)14(13(16)17)9-7-5-6-8-10-14/h3-12H2,1-2H3,(H,16,17). The van der Waals surface area contributed by atoms with Gasteiger partial charge in [0, 0.05) is 0 Å². The summed E-state index contributed by atoms with van der Waals surface area (Å²) in [6.07, 6.45) is 8.27. The maximum atomic E-state index is 11.8. The van der Waals surface area contributed by atoms with Gasteiger partial charge in [-0.2, -0.15) is 0 Å². The van der Waals surface area contributed by atoms with Crippen LogP contribution in [0.1, 0.15) is 65.2 Å². The number of hydrogen-bond acceptors (Lipinski definition) is 2. The van der Waals surface area contributed by atoms with Crippen molar-refractivity contribution in [1.82, 2.24) is 4.90 Å². The van der Waals surface area contributed by atoms with E-state index in [1.807, 2.05) is 0 Å². The minimum atomic E-state index is -0.596.